The highest BCUT2D eigenvalue weighted by Crippen LogP contribution is 2.26. The normalized spacial score (nSPS) is 16.1. The van der Waals surface area contributed by atoms with E-state index in [1.165, 1.54) is 5.39 Å². The van der Waals surface area contributed by atoms with Crippen LogP contribution >= 0.6 is 0 Å². The van der Waals surface area contributed by atoms with Gasteiger partial charge in [-0.15, -0.1) is 0 Å². The Labute approximate surface area is 117 Å². The number of carbonyl (C=O) groups is 1. The standard InChI is InChI=1S/C16H14N2O2/c17-9-16(10-20-11-16)15(19)18-8-12-5-6-13-3-1-2-4-14(13)7-12/h1-7H,8,10-11H2,(H,18,19). The van der Waals surface area contributed by atoms with Crippen molar-refractivity contribution < 1.29 is 9.53 Å². The Morgan fingerprint density at radius 1 is 1.25 bits per heavy atom. The van der Waals surface area contributed by atoms with Crippen LogP contribution in [0.5, 0.6) is 0 Å². The summed E-state index contributed by atoms with van der Waals surface area (Å²) in [6, 6.07) is 16.2. The molecule has 3 rings (SSSR count). The van der Waals surface area contributed by atoms with Gasteiger partial charge in [0.05, 0.1) is 19.3 Å². The molecule has 2 aromatic rings. The Morgan fingerprint density at radius 3 is 2.65 bits per heavy atom. The maximum Gasteiger partial charge on any atom is 0.245 e. The fourth-order valence-corrected chi connectivity index (χ4v) is 2.25. The Hall–Kier alpha value is -2.38. The summed E-state index contributed by atoms with van der Waals surface area (Å²) in [7, 11) is 0. The smallest absolute Gasteiger partial charge is 0.245 e. The van der Waals surface area contributed by atoms with Crippen LogP contribution in [0.25, 0.3) is 10.8 Å². The number of ether oxygens (including phenoxy) is 1. The molecule has 0 aliphatic carbocycles. The van der Waals surface area contributed by atoms with Crippen LogP contribution in [0.4, 0.5) is 0 Å². The topological polar surface area (TPSA) is 62.1 Å². The van der Waals surface area contributed by atoms with Crippen LogP contribution in [-0.2, 0) is 16.1 Å². The van der Waals surface area contributed by atoms with Crippen molar-refractivity contribution in [2.24, 2.45) is 5.41 Å². The molecular formula is C16H14N2O2. The van der Waals surface area contributed by atoms with Gasteiger partial charge in [-0.25, -0.2) is 0 Å². The summed E-state index contributed by atoms with van der Waals surface area (Å²) in [5.74, 6) is -0.251. The third kappa shape index (κ3) is 2.13. The van der Waals surface area contributed by atoms with Crippen LogP contribution in [0, 0.1) is 16.7 Å². The number of nitrogens with zero attached hydrogens (tertiary/aromatic N) is 1. The van der Waals surface area contributed by atoms with E-state index in [9.17, 15) is 4.79 Å². The third-order valence-electron chi connectivity index (χ3n) is 3.61. The van der Waals surface area contributed by atoms with E-state index in [1.807, 2.05) is 48.5 Å². The molecule has 20 heavy (non-hydrogen) atoms. The van der Waals surface area contributed by atoms with Gasteiger partial charge in [0.1, 0.15) is 0 Å². The largest absolute Gasteiger partial charge is 0.377 e. The Balaban J connectivity index is 1.71. The van der Waals surface area contributed by atoms with E-state index >= 15 is 0 Å². The highest BCUT2D eigenvalue weighted by atomic mass is 16.5. The van der Waals surface area contributed by atoms with Crippen molar-refractivity contribution >= 4 is 16.7 Å². The summed E-state index contributed by atoms with van der Waals surface area (Å²) in [6.07, 6.45) is 0. The van der Waals surface area contributed by atoms with E-state index in [0.717, 1.165) is 10.9 Å². The second-order valence-corrected chi connectivity index (χ2v) is 5.05. The van der Waals surface area contributed by atoms with Crippen molar-refractivity contribution in [3.05, 3.63) is 48.0 Å². The predicted molar refractivity (Wildman–Crippen MR) is 74.7 cm³/mol. The molecule has 0 radical (unpaired) electrons. The lowest BCUT2D eigenvalue weighted by atomic mass is 9.87. The third-order valence-corrected chi connectivity index (χ3v) is 3.61. The van der Waals surface area contributed by atoms with Gasteiger partial charge < -0.3 is 10.1 Å². The van der Waals surface area contributed by atoms with Gasteiger partial charge in [-0.3, -0.25) is 4.79 Å². The van der Waals surface area contributed by atoms with Crippen molar-refractivity contribution in [1.82, 2.24) is 5.32 Å². The number of fused-ring (bicyclic) bond motifs is 1. The zero-order chi connectivity index (χ0) is 14.0. The summed E-state index contributed by atoms with van der Waals surface area (Å²) in [6.45, 7) is 0.799. The first-order valence-electron chi connectivity index (χ1n) is 6.48. The molecule has 1 heterocycles. The van der Waals surface area contributed by atoms with E-state index in [1.54, 1.807) is 0 Å². The second kappa shape index (κ2) is 4.95. The fraction of sp³-hybridized carbons (Fsp3) is 0.250. The first kappa shape index (κ1) is 12.6. The zero-order valence-electron chi connectivity index (χ0n) is 10.9. The van der Waals surface area contributed by atoms with Crippen molar-refractivity contribution in [1.29, 1.82) is 5.26 Å². The van der Waals surface area contributed by atoms with Crippen molar-refractivity contribution in [3.8, 4) is 6.07 Å². The minimum absolute atomic E-state index is 0.188. The Morgan fingerprint density at radius 2 is 2.00 bits per heavy atom. The van der Waals surface area contributed by atoms with Gasteiger partial charge in [-0.2, -0.15) is 5.26 Å². The van der Waals surface area contributed by atoms with E-state index < -0.39 is 5.41 Å². The Bertz CT molecular complexity index is 699. The van der Waals surface area contributed by atoms with E-state index in [-0.39, 0.29) is 19.1 Å². The van der Waals surface area contributed by atoms with Gasteiger partial charge in [-0.05, 0) is 22.4 Å². The molecule has 1 aliphatic rings. The lowest BCUT2D eigenvalue weighted by Crippen LogP contribution is -2.52. The number of carbonyl (C=O) groups excluding carboxylic acids is 1. The minimum atomic E-state index is -0.989. The molecule has 0 spiro atoms. The summed E-state index contributed by atoms with van der Waals surface area (Å²) < 4.78 is 4.98. The van der Waals surface area contributed by atoms with Crippen LogP contribution in [-0.4, -0.2) is 19.1 Å². The molecule has 0 bridgehead atoms. The first-order chi connectivity index (χ1) is 9.73. The Kier molecular flexibility index (Phi) is 3.13. The average molecular weight is 266 g/mol. The van der Waals surface area contributed by atoms with Crippen LogP contribution in [0.2, 0.25) is 0 Å². The molecule has 2 aromatic carbocycles. The molecule has 4 nitrogen and oxygen atoms in total. The molecule has 0 saturated carbocycles. The average Bonchev–Trinajstić information content (AvgIpc) is 2.44. The highest BCUT2D eigenvalue weighted by Gasteiger charge is 2.46. The predicted octanol–water partition coefficient (Wildman–Crippen LogP) is 2.00. The van der Waals surface area contributed by atoms with Crippen molar-refractivity contribution in [2.45, 2.75) is 6.54 Å². The van der Waals surface area contributed by atoms with Crippen LogP contribution in [0.1, 0.15) is 5.56 Å². The number of nitrogens with one attached hydrogen (secondary N) is 1. The molecule has 0 aromatic heterocycles. The quantitative estimate of drug-likeness (QED) is 0.924. The summed E-state index contributed by atoms with van der Waals surface area (Å²) in [4.78, 5) is 12.0. The molecule has 1 aliphatic heterocycles. The SMILES string of the molecule is N#CC1(C(=O)NCc2ccc3ccccc3c2)COC1. The molecule has 1 N–H and O–H groups in total. The molecule has 1 fully saturated rings. The van der Waals surface area contributed by atoms with Gasteiger partial charge in [0.2, 0.25) is 5.91 Å². The van der Waals surface area contributed by atoms with Gasteiger partial charge in [-0.1, -0.05) is 36.4 Å². The molecule has 0 unspecified atom stereocenters. The number of nitriles is 1. The molecule has 4 heteroatoms. The number of amides is 1. The van der Waals surface area contributed by atoms with E-state index in [0.29, 0.717) is 6.54 Å². The number of rotatable bonds is 3. The molecule has 0 atom stereocenters. The number of benzene rings is 2. The van der Waals surface area contributed by atoms with Crippen LogP contribution in [0.3, 0.4) is 0 Å². The summed E-state index contributed by atoms with van der Waals surface area (Å²) in [5, 5.41) is 14.2. The molecule has 100 valence electrons. The maximum atomic E-state index is 12.0. The van der Waals surface area contributed by atoms with Crippen LogP contribution < -0.4 is 5.32 Å². The van der Waals surface area contributed by atoms with Gasteiger partial charge in [0, 0.05) is 6.54 Å². The number of hydrogen-bond acceptors (Lipinski definition) is 3. The first-order valence-corrected chi connectivity index (χ1v) is 6.48. The van der Waals surface area contributed by atoms with Gasteiger partial charge in [0.25, 0.3) is 0 Å². The van der Waals surface area contributed by atoms with Crippen LogP contribution in [0.15, 0.2) is 42.5 Å². The summed E-state index contributed by atoms with van der Waals surface area (Å²) >= 11 is 0. The van der Waals surface area contributed by atoms with Gasteiger partial charge in [0.15, 0.2) is 5.41 Å². The zero-order valence-corrected chi connectivity index (χ0v) is 10.9. The molecule has 1 amide bonds. The number of hydrogen-bond donors (Lipinski definition) is 1. The second-order valence-electron chi connectivity index (χ2n) is 5.05. The van der Waals surface area contributed by atoms with Crippen molar-refractivity contribution in [3.63, 3.8) is 0 Å². The monoisotopic (exact) mass is 266 g/mol. The maximum absolute atomic E-state index is 12.0. The highest BCUT2D eigenvalue weighted by molar-refractivity contribution is 5.87. The molecular weight excluding hydrogens is 252 g/mol. The fourth-order valence-electron chi connectivity index (χ4n) is 2.25. The van der Waals surface area contributed by atoms with Gasteiger partial charge >= 0.3 is 0 Å². The lowest BCUT2D eigenvalue weighted by molar-refractivity contribution is -0.150. The minimum Gasteiger partial charge on any atom is -0.377 e. The lowest BCUT2D eigenvalue weighted by Gasteiger charge is -2.33. The van der Waals surface area contributed by atoms with Crippen molar-refractivity contribution in [2.75, 3.05) is 13.2 Å². The van der Waals surface area contributed by atoms with E-state index in [2.05, 4.69) is 5.32 Å². The molecule has 1 saturated heterocycles. The van der Waals surface area contributed by atoms with E-state index in [4.69, 9.17) is 10.00 Å². The summed E-state index contributed by atoms with van der Waals surface area (Å²) in [5.41, 5.74) is 0.0296.